The smallest absolute Gasteiger partial charge is 0.213 e. The molecule has 8 heavy (non-hydrogen) atoms. The Morgan fingerprint density at radius 3 is 3.00 bits per heavy atom. The van der Waals surface area contributed by atoms with Gasteiger partial charge in [0.15, 0.2) is 0 Å². The van der Waals surface area contributed by atoms with E-state index in [-0.39, 0.29) is 6.54 Å². The highest BCUT2D eigenvalue weighted by molar-refractivity contribution is 5.52. The summed E-state index contributed by atoms with van der Waals surface area (Å²) in [6.45, 7) is 5.52. The molecule has 2 radical (unpaired) electrons. The molecule has 0 aliphatic carbocycles. The summed E-state index contributed by atoms with van der Waals surface area (Å²) >= 11 is 0. The summed E-state index contributed by atoms with van der Waals surface area (Å²) in [6.07, 6.45) is 4.23. The summed E-state index contributed by atoms with van der Waals surface area (Å²) in [5.41, 5.74) is 0. The van der Waals surface area contributed by atoms with Gasteiger partial charge in [0.2, 0.25) is 6.29 Å². The van der Waals surface area contributed by atoms with E-state index in [1.165, 1.54) is 0 Å². The summed E-state index contributed by atoms with van der Waals surface area (Å²) in [5.74, 6) is 0. The Balaban J connectivity index is 2.71. The first kappa shape index (κ1) is 7.37. The third kappa shape index (κ3) is 5.37. The Morgan fingerprint density at radius 1 is 1.75 bits per heavy atom. The quantitative estimate of drug-likeness (QED) is 0.411. The average Bonchev–Trinajstić information content (AvgIpc) is 1.81. The number of hydrogen-bond donors (Lipinski definition) is 1. The first-order valence-corrected chi connectivity index (χ1v) is 2.42. The molecule has 0 aromatic heterocycles. The zero-order valence-electron chi connectivity index (χ0n) is 4.68. The van der Waals surface area contributed by atoms with E-state index in [4.69, 9.17) is 0 Å². The van der Waals surface area contributed by atoms with Crippen LogP contribution in [-0.4, -0.2) is 12.8 Å². The normalized spacial score (nSPS) is 8.50. The third-order valence-electron chi connectivity index (χ3n) is 0.603. The van der Waals surface area contributed by atoms with E-state index in [2.05, 4.69) is 11.9 Å². The van der Waals surface area contributed by atoms with Crippen molar-refractivity contribution in [2.75, 3.05) is 6.54 Å². The lowest BCUT2D eigenvalue weighted by Gasteiger charge is -1.90. The van der Waals surface area contributed by atoms with Gasteiger partial charge in [0, 0.05) is 6.54 Å². The molecule has 2 heteroatoms. The van der Waals surface area contributed by atoms with Crippen LogP contribution in [0.3, 0.4) is 0 Å². The van der Waals surface area contributed by atoms with Gasteiger partial charge in [-0.1, -0.05) is 6.08 Å². The van der Waals surface area contributed by atoms with Gasteiger partial charge in [-0.3, -0.25) is 4.79 Å². The first-order chi connectivity index (χ1) is 3.91. The van der Waals surface area contributed by atoms with Crippen LogP contribution in [0.15, 0.2) is 12.7 Å². The number of carbonyl (C=O) groups excluding carboxylic acids is 1. The van der Waals surface area contributed by atoms with E-state index >= 15 is 0 Å². The predicted octanol–water partition coefficient (Wildman–Crippen LogP) is 0.424. The van der Waals surface area contributed by atoms with Crippen molar-refractivity contribution in [3.8, 4) is 0 Å². The minimum Gasteiger partial charge on any atom is -0.305 e. The van der Waals surface area contributed by atoms with Gasteiger partial charge in [-0.25, -0.2) is 0 Å². The highest BCUT2D eigenvalue weighted by atomic mass is 16.1. The van der Waals surface area contributed by atoms with Crippen molar-refractivity contribution in [2.45, 2.75) is 6.42 Å². The molecule has 0 saturated heterocycles. The fourth-order valence-corrected chi connectivity index (χ4v) is 0.281. The monoisotopic (exact) mass is 111 g/mol. The molecule has 0 bridgehead atoms. The molecule has 0 aromatic rings. The van der Waals surface area contributed by atoms with Crippen molar-refractivity contribution in [1.29, 1.82) is 0 Å². The maximum Gasteiger partial charge on any atom is 0.213 e. The molecule has 0 rings (SSSR count). The van der Waals surface area contributed by atoms with E-state index in [1.807, 2.05) is 0 Å². The summed E-state index contributed by atoms with van der Waals surface area (Å²) in [5, 5.41) is 2.72. The molecule has 0 unspecified atom stereocenters. The van der Waals surface area contributed by atoms with Gasteiger partial charge in [0.05, 0.1) is 6.54 Å². The second-order valence-electron chi connectivity index (χ2n) is 1.25. The molecular weight excluding hydrogens is 102 g/mol. The fourth-order valence-electron chi connectivity index (χ4n) is 0.281. The fraction of sp³-hybridized carbons (Fsp3) is 0.333. The molecule has 0 aliphatic heterocycles. The maximum atomic E-state index is 9.53. The van der Waals surface area contributed by atoms with Gasteiger partial charge in [-0.05, 0) is 6.42 Å². The molecule has 0 fully saturated rings. The Kier molecular flexibility index (Phi) is 5.87. The van der Waals surface area contributed by atoms with Crippen LogP contribution in [0.2, 0.25) is 0 Å². The molecule has 1 N–H and O–H groups in total. The lowest BCUT2D eigenvalue weighted by atomic mass is 10.4. The maximum absolute atomic E-state index is 9.53. The van der Waals surface area contributed by atoms with Crippen molar-refractivity contribution in [3.63, 3.8) is 0 Å². The Morgan fingerprint density at radius 2 is 2.50 bits per heavy atom. The van der Waals surface area contributed by atoms with Crippen LogP contribution in [0.25, 0.3) is 0 Å². The van der Waals surface area contributed by atoms with Crippen LogP contribution >= 0.6 is 0 Å². The molecular formula is C6H9NO. The number of nitrogens with one attached hydrogen (secondary N) is 1. The molecule has 44 valence electrons. The Bertz CT molecular complexity index is 60.9. The van der Waals surface area contributed by atoms with Gasteiger partial charge in [-0.15, -0.1) is 6.58 Å². The van der Waals surface area contributed by atoms with Gasteiger partial charge >= 0.3 is 0 Å². The van der Waals surface area contributed by atoms with Gasteiger partial charge in [0.1, 0.15) is 0 Å². The zero-order valence-corrected chi connectivity index (χ0v) is 4.68. The van der Waals surface area contributed by atoms with Crippen LogP contribution in [0.1, 0.15) is 6.42 Å². The minimum atomic E-state index is 0.272. The second-order valence-corrected chi connectivity index (χ2v) is 1.25. The van der Waals surface area contributed by atoms with Gasteiger partial charge < -0.3 is 5.32 Å². The van der Waals surface area contributed by atoms with Crippen molar-refractivity contribution >= 4 is 6.29 Å². The zero-order chi connectivity index (χ0) is 6.24. The molecule has 2 nitrogen and oxygen atoms in total. The minimum absolute atomic E-state index is 0.272. The molecule has 0 heterocycles. The van der Waals surface area contributed by atoms with E-state index in [0.29, 0.717) is 0 Å². The summed E-state index contributed by atoms with van der Waals surface area (Å²) < 4.78 is 0. The average molecular weight is 111 g/mol. The molecule has 0 aromatic carbocycles. The lowest BCUT2D eigenvalue weighted by molar-refractivity contribution is 0.551. The summed E-state index contributed by atoms with van der Waals surface area (Å²) in [4.78, 5) is 9.53. The van der Waals surface area contributed by atoms with Crippen LogP contribution in [0, 0.1) is 6.54 Å². The molecule has 0 amide bonds. The molecule has 0 spiro atoms. The van der Waals surface area contributed by atoms with Crippen molar-refractivity contribution < 1.29 is 4.79 Å². The van der Waals surface area contributed by atoms with E-state index in [9.17, 15) is 4.79 Å². The highest BCUT2D eigenvalue weighted by Gasteiger charge is 1.80. The predicted molar refractivity (Wildman–Crippen MR) is 32.8 cm³/mol. The first-order valence-electron chi connectivity index (χ1n) is 2.42. The van der Waals surface area contributed by atoms with E-state index < -0.39 is 0 Å². The standard InChI is InChI=1S/C6H9NO/c1-2-3-4-7-5-6-8/h2,4,7H,1,3,5H2. The van der Waals surface area contributed by atoms with Crippen molar-refractivity contribution in [1.82, 2.24) is 5.32 Å². The van der Waals surface area contributed by atoms with Crippen LogP contribution < -0.4 is 5.32 Å². The third-order valence-corrected chi connectivity index (χ3v) is 0.603. The highest BCUT2D eigenvalue weighted by Crippen LogP contribution is 1.78. The largest absolute Gasteiger partial charge is 0.305 e. The summed E-state index contributed by atoms with van der Waals surface area (Å²) in [7, 11) is 0. The Labute approximate surface area is 49.6 Å². The van der Waals surface area contributed by atoms with Crippen LogP contribution in [0.5, 0.6) is 0 Å². The lowest BCUT2D eigenvalue weighted by Crippen LogP contribution is -2.11. The molecule has 0 saturated carbocycles. The number of hydrogen-bond acceptors (Lipinski definition) is 2. The van der Waals surface area contributed by atoms with Crippen molar-refractivity contribution in [3.05, 3.63) is 19.2 Å². The van der Waals surface area contributed by atoms with Crippen molar-refractivity contribution in [2.24, 2.45) is 0 Å². The van der Waals surface area contributed by atoms with Crippen LogP contribution in [0.4, 0.5) is 0 Å². The van der Waals surface area contributed by atoms with Gasteiger partial charge in [0.25, 0.3) is 0 Å². The Hall–Kier alpha value is -0.630. The van der Waals surface area contributed by atoms with Gasteiger partial charge in [-0.2, -0.15) is 0 Å². The summed E-state index contributed by atoms with van der Waals surface area (Å²) in [6, 6.07) is 0. The van der Waals surface area contributed by atoms with E-state index in [1.54, 1.807) is 18.9 Å². The van der Waals surface area contributed by atoms with Crippen LogP contribution in [-0.2, 0) is 4.79 Å². The topological polar surface area (TPSA) is 29.1 Å². The number of rotatable bonds is 5. The molecule has 0 aliphatic rings. The molecule has 0 atom stereocenters. The van der Waals surface area contributed by atoms with E-state index in [0.717, 1.165) is 6.42 Å². The second kappa shape index (κ2) is 6.37. The SMILES string of the molecule is C=CC[CH]NC[C]=O.